The lowest BCUT2D eigenvalue weighted by Gasteiger charge is -2.47. The highest BCUT2D eigenvalue weighted by Crippen LogP contribution is 2.38. The average Bonchev–Trinajstić information content (AvgIpc) is 2.84. The highest BCUT2D eigenvalue weighted by molar-refractivity contribution is 4.98. The van der Waals surface area contributed by atoms with Crippen LogP contribution in [0.15, 0.2) is 0 Å². The number of nitrogens with zero attached hydrogens (tertiary/aromatic N) is 2. The van der Waals surface area contributed by atoms with Gasteiger partial charge < -0.3 is 19.7 Å². The van der Waals surface area contributed by atoms with Crippen LogP contribution in [0.3, 0.4) is 0 Å². The molecule has 3 aliphatic rings. The molecule has 1 spiro atoms. The number of hydrogen-bond donors (Lipinski definition) is 1. The first-order valence-electron chi connectivity index (χ1n) is 8.53. The van der Waals surface area contributed by atoms with E-state index in [4.69, 9.17) is 9.47 Å². The summed E-state index contributed by atoms with van der Waals surface area (Å²) in [4.78, 5) is 5.16. The lowest BCUT2D eigenvalue weighted by atomic mass is 9.84. The molecule has 0 aromatic rings. The monoisotopic (exact) mass is 297 g/mol. The highest BCUT2D eigenvalue weighted by Gasteiger charge is 2.47. The molecule has 5 nitrogen and oxygen atoms in total. The maximum atomic E-state index is 6.00. The molecule has 2 heterocycles. The van der Waals surface area contributed by atoms with E-state index in [0.717, 1.165) is 39.0 Å². The van der Waals surface area contributed by atoms with Crippen molar-refractivity contribution < 1.29 is 9.47 Å². The van der Waals surface area contributed by atoms with Gasteiger partial charge in [0.15, 0.2) is 5.79 Å². The normalized spacial score (nSPS) is 38.7. The predicted octanol–water partition coefficient (Wildman–Crippen LogP) is 0.896. The molecule has 2 aliphatic heterocycles. The Balaban J connectivity index is 1.75. The maximum absolute atomic E-state index is 6.00. The molecule has 3 unspecified atom stereocenters. The fraction of sp³-hybridized carbons (Fsp3) is 1.00. The van der Waals surface area contributed by atoms with Crippen LogP contribution in [-0.2, 0) is 9.47 Å². The first-order chi connectivity index (χ1) is 10.1. The summed E-state index contributed by atoms with van der Waals surface area (Å²) in [6.45, 7) is 7.43. The van der Waals surface area contributed by atoms with Gasteiger partial charge in [0, 0.05) is 44.1 Å². The first-order valence-corrected chi connectivity index (χ1v) is 8.53. The van der Waals surface area contributed by atoms with Gasteiger partial charge in [-0.3, -0.25) is 4.90 Å². The van der Waals surface area contributed by atoms with E-state index in [2.05, 4.69) is 36.1 Å². The molecule has 0 aromatic carbocycles. The summed E-state index contributed by atoms with van der Waals surface area (Å²) in [5.41, 5.74) is 0. The Bertz CT molecular complexity index is 346. The Morgan fingerprint density at radius 3 is 2.67 bits per heavy atom. The largest absolute Gasteiger partial charge is 0.347 e. The molecule has 21 heavy (non-hydrogen) atoms. The number of likely N-dealkylation sites (N-methyl/N-ethyl adjacent to an activating group) is 2. The fourth-order valence-electron chi connectivity index (χ4n) is 4.46. The summed E-state index contributed by atoms with van der Waals surface area (Å²) in [6.07, 6.45) is 4.42. The van der Waals surface area contributed by atoms with E-state index in [0.29, 0.717) is 18.1 Å². The van der Waals surface area contributed by atoms with Gasteiger partial charge in [-0.25, -0.2) is 0 Å². The smallest absolute Gasteiger partial charge is 0.170 e. The van der Waals surface area contributed by atoms with Crippen molar-refractivity contribution in [3.63, 3.8) is 0 Å². The van der Waals surface area contributed by atoms with Crippen LogP contribution >= 0.6 is 0 Å². The number of ether oxygens (including phenoxy) is 2. The van der Waals surface area contributed by atoms with Gasteiger partial charge in [0.2, 0.25) is 0 Å². The molecule has 1 saturated carbocycles. The number of nitrogens with one attached hydrogen (secondary N) is 1. The van der Waals surface area contributed by atoms with Gasteiger partial charge in [-0.2, -0.15) is 0 Å². The predicted molar refractivity (Wildman–Crippen MR) is 83.4 cm³/mol. The second kappa shape index (κ2) is 6.50. The topological polar surface area (TPSA) is 37.0 Å². The Hall–Kier alpha value is -0.200. The molecule has 0 aromatic heterocycles. The Morgan fingerprint density at radius 2 is 1.95 bits per heavy atom. The minimum absolute atomic E-state index is 0.296. The first kappa shape index (κ1) is 15.7. The van der Waals surface area contributed by atoms with Crippen molar-refractivity contribution in [3.8, 4) is 0 Å². The van der Waals surface area contributed by atoms with E-state index in [1.54, 1.807) is 0 Å². The van der Waals surface area contributed by atoms with Crippen LogP contribution in [0.5, 0.6) is 0 Å². The Kier molecular flexibility index (Phi) is 4.86. The zero-order valence-corrected chi connectivity index (χ0v) is 13.8. The van der Waals surface area contributed by atoms with Crippen molar-refractivity contribution in [2.24, 2.45) is 0 Å². The third-order valence-electron chi connectivity index (χ3n) is 5.53. The molecule has 1 N–H and O–H groups in total. The molecule has 0 bridgehead atoms. The molecular weight excluding hydrogens is 266 g/mol. The van der Waals surface area contributed by atoms with Crippen LogP contribution in [-0.4, -0.2) is 80.7 Å². The third-order valence-corrected chi connectivity index (χ3v) is 5.53. The van der Waals surface area contributed by atoms with E-state index >= 15 is 0 Å². The van der Waals surface area contributed by atoms with Crippen molar-refractivity contribution in [2.45, 2.75) is 56.5 Å². The summed E-state index contributed by atoms with van der Waals surface area (Å²) in [5, 5.41) is 3.54. The molecule has 0 radical (unpaired) electrons. The van der Waals surface area contributed by atoms with Crippen molar-refractivity contribution in [3.05, 3.63) is 0 Å². The second-order valence-electron chi connectivity index (χ2n) is 7.02. The van der Waals surface area contributed by atoms with E-state index in [1.165, 1.54) is 19.5 Å². The van der Waals surface area contributed by atoms with E-state index < -0.39 is 0 Å². The van der Waals surface area contributed by atoms with Gasteiger partial charge in [0.05, 0.1) is 13.2 Å². The maximum Gasteiger partial charge on any atom is 0.170 e. The van der Waals surface area contributed by atoms with Crippen molar-refractivity contribution >= 4 is 0 Å². The van der Waals surface area contributed by atoms with Gasteiger partial charge in [0.1, 0.15) is 0 Å². The van der Waals surface area contributed by atoms with Gasteiger partial charge in [-0.1, -0.05) is 0 Å². The molecule has 122 valence electrons. The highest BCUT2D eigenvalue weighted by atomic mass is 16.7. The molecular formula is C16H31N3O2. The Labute approximate surface area is 128 Å². The van der Waals surface area contributed by atoms with Crippen LogP contribution in [0.25, 0.3) is 0 Å². The van der Waals surface area contributed by atoms with E-state index in [-0.39, 0.29) is 5.79 Å². The molecule has 0 amide bonds. The van der Waals surface area contributed by atoms with Gasteiger partial charge in [0.25, 0.3) is 0 Å². The summed E-state index contributed by atoms with van der Waals surface area (Å²) in [5.74, 6) is -0.296. The van der Waals surface area contributed by atoms with Crippen LogP contribution < -0.4 is 5.32 Å². The minimum atomic E-state index is -0.296. The van der Waals surface area contributed by atoms with Crippen molar-refractivity contribution in [2.75, 3.05) is 46.9 Å². The van der Waals surface area contributed by atoms with E-state index in [9.17, 15) is 0 Å². The molecule has 3 rings (SSSR count). The van der Waals surface area contributed by atoms with Crippen molar-refractivity contribution in [1.82, 2.24) is 15.1 Å². The summed E-state index contributed by atoms with van der Waals surface area (Å²) in [7, 11) is 4.34. The molecule has 3 fully saturated rings. The summed E-state index contributed by atoms with van der Waals surface area (Å²) < 4.78 is 12.0. The zero-order valence-electron chi connectivity index (χ0n) is 13.8. The molecule has 5 heteroatoms. The second-order valence-corrected chi connectivity index (χ2v) is 7.02. The lowest BCUT2D eigenvalue weighted by molar-refractivity contribution is -0.194. The van der Waals surface area contributed by atoms with Crippen LogP contribution in [0, 0.1) is 0 Å². The number of hydrogen-bond acceptors (Lipinski definition) is 5. The minimum Gasteiger partial charge on any atom is -0.347 e. The number of rotatable bonds is 2. The van der Waals surface area contributed by atoms with Gasteiger partial charge in [-0.15, -0.1) is 0 Å². The van der Waals surface area contributed by atoms with Crippen LogP contribution in [0.2, 0.25) is 0 Å². The van der Waals surface area contributed by atoms with Crippen LogP contribution in [0.1, 0.15) is 32.6 Å². The molecule has 1 aliphatic carbocycles. The SMILES string of the molecule is CNC1CCC2(CC1N1CCCN(C)CC1C)OCCO2. The Morgan fingerprint density at radius 1 is 1.19 bits per heavy atom. The third kappa shape index (κ3) is 3.27. The summed E-state index contributed by atoms with van der Waals surface area (Å²) in [6, 6.07) is 1.66. The standard InChI is InChI=1S/C16H31N3O2/c1-13-12-18(3)7-4-8-19(13)15-11-16(20-9-10-21-16)6-5-14(15)17-2/h13-15,17H,4-12H2,1-3H3. The molecule has 3 atom stereocenters. The fourth-order valence-corrected chi connectivity index (χ4v) is 4.46. The van der Waals surface area contributed by atoms with Gasteiger partial charge in [-0.05, 0) is 40.4 Å². The van der Waals surface area contributed by atoms with E-state index in [1.807, 2.05) is 0 Å². The quantitative estimate of drug-likeness (QED) is 0.819. The summed E-state index contributed by atoms with van der Waals surface area (Å²) >= 11 is 0. The van der Waals surface area contributed by atoms with Crippen molar-refractivity contribution in [1.29, 1.82) is 0 Å². The van der Waals surface area contributed by atoms with Crippen LogP contribution in [0.4, 0.5) is 0 Å². The zero-order chi connectivity index (χ0) is 14.9. The molecule has 2 saturated heterocycles. The lowest BCUT2D eigenvalue weighted by Crippen LogP contribution is -2.59. The average molecular weight is 297 g/mol. The van der Waals surface area contributed by atoms with Gasteiger partial charge >= 0.3 is 0 Å².